The summed E-state index contributed by atoms with van der Waals surface area (Å²) in [5.41, 5.74) is 6.75. The molecule has 4 rings (SSSR count). The van der Waals surface area contributed by atoms with Crippen molar-refractivity contribution in [3.05, 3.63) is 39.4 Å². The molecule has 3 heterocycles. The summed E-state index contributed by atoms with van der Waals surface area (Å²) in [5, 5.41) is 0.973. The number of rotatable bonds is 2. The van der Waals surface area contributed by atoms with Crippen LogP contribution in [-0.2, 0) is 0 Å². The fourth-order valence-corrected chi connectivity index (χ4v) is 4.74. The molecule has 5 nitrogen and oxygen atoms in total. The molecular weight excluding hydrogens is 324 g/mol. The SMILES string of the molecule is C[C@H](N)c1nc2cccc(Cl)c2c(=O)n1C1C[C@H]2CC[C@@H](C1)N2C. The van der Waals surface area contributed by atoms with Crippen molar-refractivity contribution in [2.75, 3.05) is 7.05 Å². The minimum absolute atomic E-state index is 0.0492. The summed E-state index contributed by atoms with van der Waals surface area (Å²) in [5.74, 6) is 0.670. The monoisotopic (exact) mass is 346 g/mol. The van der Waals surface area contributed by atoms with E-state index in [2.05, 4.69) is 11.9 Å². The number of fused-ring (bicyclic) bond motifs is 3. The number of nitrogens with zero attached hydrogens (tertiary/aromatic N) is 3. The first-order valence-corrected chi connectivity index (χ1v) is 9.03. The van der Waals surface area contributed by atoms with Gasteiger partial charge < -0.3 is 10.6 Å². The van der Waals surface area contributed by atoms with Gasteiger partial charge in [-0.05, 0) is 51.8 Å². The highest BCUT2D eigenvalue weighted by atomic mass is 35.5. The first kappa shape index (κ1) is 16.1. The van der Waals surface area contributed by atoms with E-state index in [1.807, 2.05) is 23.6 Å². The lowest BCUT2D eigenvalue weighted by molar-refractivity contribution is 0.133. The molecular formula is C18H23ClN4O. The fourth-order valence-electron chi connectivity index (χ4n) is 4.49. The van der Waals surface area contributed by atoms with Gasteiger partial charge in [0.2, 0.25) is 0 Å². The molecule has 2 fully saturated rings. The lowest BCUT2D eigenvalue weighted by atomic mass is 9.97. The summed E-state index contributed by atoms with van der Waals surface area (Å²) in [6, 6.07) is 6.35. The molecule has 2 saturated heterocycles. The topological polar surface area (TPSA) is 64.1 Å². The molecule has 2 aliphatic heterocycles. The van der Waals surface area contributed by atoms with Crippen LogP contribution in [-0.4, -0.2) is 33.6 Å². The van der Waals surface area contributed by atoms with E-state index in [1.54, 1.807) is 6.07 Å². The minimum Gasteiger partial charge on any atom is -0.322 e. The maximum absolute atomic E-state index is 13.3. The zero-order chi connectivity index (χ0) is 17.0. The Labute approximate surface area is 146 Å². The van der Waals surface area contributed by atoms with Gasteiger partial charge in [-0.2, -0.15) is 0 Å². The van der Waals surface area contributed by atoms with E-state index in [1.165, 1.54) is 12.8 Å². The first-order chi connectivity index (χ1) is 11.5. The molecule has 0 spiro atoms. The molecule has 2 N–H and O–H groups in total. The van der Waals surface area contributed by atoms with Crippen LogP contribution in [0.25, 0.3) is 10.9 Å². The zero-order valence-electron chi connectivity index (χ0n) is 14.1. The van der Waals surface area contributed by atoms with Gasteiger partial charge in [0.1, 0.15) is 5.82 Å². The first-order valence-electron chi connectivity index (χ1n) is 8.65. The molecule has 2 bridgehead atoms. The molecule has 0 aliphatic carbocycles. The Morgan fingerprint density at radius 1 is 1.25 bits per heavy atom. The Balaban J connectivity index is 1.91. The molecule has 4 atom stereocenters. The molecule has 1 aromatic heterocycles. The van der Waals surface area contributed by atoms with E-state index in [0.29, 0.717) is 33.8 Å². The van der Waals surface area contributed by atoms with Crippen LogP contribution in [0.15, 0.2) is 23.0 Å². The van der Waals surface area contributed by atoms with Crippen molar-refractivity contribution in [2.24, 2.45) is 5.73 Å². The number of hydrogen-bond donors (Lipinski definition) is 1. The number of nitrogens with two attached hydrogens (primary N) is 1. The molecule has 0 radical (unpaired) electrons. The van der Waals surface area contributed by atoms with Crippen LogP contribution in [0.4, 0.5) is 0 Å². The number of benzene rings is 1. The van der Waals surface area contributed by atoms with Crippen LogP contribution in [0.5, 0.6) is 0 Å². The molecule has 6 heteroatoms. The molecule has 1 unspecified atom stereocenters. The highest BCUT2D eigenvalue weighted by molar-refractivity contribution is 6.35. The normalized spacial score (nSPS) is 28.4. The molecule has 24 heavy (non-hydrogen) atoms. The molecule has 2 aromatic rings. The minimum atomic E-state index is -0.293. The second kappa shape index (κ2) is 5.83. The fraction of sp³-hybridized carbons (Fsp3) is 0.556. The summed E-state index contributed by atoms with van der Waals surface area (Å²) in [7, 11) is 2.20. The molecule has 2 aliphatic rings. The second-order valence-corrected chi connectivity index (χ2v) is 7.65. The van der Waals surface area contributed by atoms with Crippen molar-refractivity contribution in [3.63, 3.8) is 0 Å². The van der Waals surface area contributed by atoms with E-state index in [4.69, 9.17) is 22.3 Å². The van der Waals surface area contributed by atoms with Crippen LogP contribution >= 0.6 is 11.6 Å². The lowest BCUT2D eigenvalue weighted by Crippen LogP contribution is -2.44. The summed E-state index contributed by atoms with van der Waals surface area (Å²) in [6.45, 7) is 1.89. The summed E-state index contributed by atoms with van der Waals surface area (Å²) in [4.78, 5) is 20.4. The van der Waals surface area contributed by atoms with Gasteiger partial charge in [-0.15, -0.1) is 0 Å². The van der Waals surface area contributed by atoms with E-state index in [9.17, 15) is 4.79 Å². The summed E-state index contributed by atoms with van der Waals surface area (Å²) >= 11 is 6.31. The van der Waals surface area contributed by atoms with Gasteiger partial charge in [0.25, 0.3) is 5.56 Å². The predicted octanol–water partition coefficient (Wildman–Crippen LogP) is 2.87. The third kappa shape index (κ3) is 2.38. The number of aromatic nitrogens is 2. The molecule has 1 aromatic carbocycles. The molecule has 128 valence electrons. The smallest absolute Gasteiger partial charge is 0.263 e. The quantitative estimate of drug-likeness (QED) is 0.908. The van der Waals surface area contributed by atoms with Crippen LogP contribution in [0, 0.1) is 0 Å². The van der Waals surface area contributed by atoms with Crippen LogP contribution in [0.1, 0.15) is 50.5 Å². The zero-order valence-corrected chi connectivity index (χ0v) is 14.8. The Bertz CT molecular complexity index is 833. The van der Waals surface area contributed by atoms with E-state index >= 15 is 0 Å². The second-order valence-electron chi connectivity index (χ2n) is 7.24. The van der Waals surface area contributed by atoms with Gasteiger partial charge >= 0.3 is 0 Å². The molecule has 0 saturated carbocycles. The average Bonchev–Trinajstić information content (AvgIpc) is 2.75. The summed E-state index contributed by atoms with van der Waals surface area (Å²) < 4.78 is 1.84. The highest BCUT2D eigenvalue weighted by Gasteiger charge is 2.40. The van der Waals surface area contributed by atoms with Gasteiger partial charge in [-0.3, -0.25) is 9.36 Å². The maximum atomic E-state index is 13.3. The van der Waals surface area contributed by atoms with Crippen molar-refractivity contribution in [1.82, 2.24) is 14.5 Å². The standard InChI is InChI=1S/C18H23ClN4O/c1-10(20)17-21-15-5-3-4-14(19)16(15)18(24)23(17)13-8-11-6-7-12(9-13)22(11)2/h3-5,10-13H,6-9,20H2,1-2H3/t10-,11-,12+,13?/m0/s1. The summed E-state index contributed by atoms with van der Waals surface area (Å²) in [6.07, 6.45) is 4.37. The Kier molecular flexibility index (Phi) is 3.90. The third-order valence-electron chi connectivity index (χ3n) is 5.75. The van der Waals surface area contributed by atoms with Crippen LogP contribution < -0.4 is 11.3 Å². The largest absolute Gasteiger partial charge is 0.322 e. The maximum Gasteiger partial charge on any atom is 0.263 e. The van der Waals surface area contributed by atoms with Gasteiger partial charge in [-0.1, -0.05) is 17.7 Å². The van der Waals surface area contributed by atoms with E-state index in [-0.39, 0.29) is 17.6 Å². The van der Waals surface area contributed by atoms with E-state index < -0.39 is 0 Å². The van der Waals surface area contributed by atoms with Gasteiger partial charge in [0.05, 0.1) is 22.0 Å². The number of halogens is 1. The number of hydrogen-bond acceptors (Lipinski definition) is 4. The average molecular weight is 347 g/mol. The Morgan fingerprint density at radius 2 is 1.92 bits per heavy atom. The molecule has 0 amide bonds. The van der Waals surface area contributed by atoms with Crippen LogP contribution in [0.3, 0.4) is 0 Å². The lowest BCUT2D eigenvalue weighted by Gasteiger charge is -2.38. The third-order valence-corrected chi connectivity index (χ3v) is 6.07. The van der Waals surface area contributed by atoms with Crippen molar-refractivity contribution < 1.29 is 0 Å². The van der Waals surface area contributed by atoms with E-state index in [0.717, 1.165) is 12.8 Å². The van der Waals surface area contributed by atoms with Gasteiger partial charge in [0.15, 0.2) is 0 Å². The van der Waals surface area contributed by atoms with Gasteiger partial charge in [0, 0.05) is 18.1 Å². The Morgan fingerprint density at radius 3 is 2.54 bits per heavy atom. The predicted molar refractivity (Wildman–Crippen MR) is 96.5 cm³/mol. The number of piperidine rings is 1. The Hall–Kier alpha value is -1.43. The van der Waals surface area contributed by atoms with Crippen molar-refractivity contribution in [2.45, 2.75) is 56.8 Å². The van der Waals surface area contributed by atoms with Crippen molar-refractivity contribution in [3.8, 4) is 0 Å². The van der Waals surface area contributed by atoms with Crippen LogP contribution in [0.2, 0.25) is 5.02 Å². The highest BCUT2D eigenvalue weighted by Crippen LogP contribution is 2.40. The van der Waals surface area contributed by atoms with Crippen molar-refractivity contribution >= 4 is 22.5 Å². The van der Waals surface area contributed by atoms with Gasteiger partial charge in [-0.25, -0.2) is 4.98 Å². The van der Waals surface area contributed by atoms with Crippen molar-refractivity contribution in [1.29, 1.82) is 0 Å².